The maximum atomic E-state index is 13.2. The SMILES string of the molecule is Cc1cnc(C(=O)N[C@H](c2nc3ccc(C(F)(F)F)nc3n2C(C)C)C2CC2)cn1.[HH]. The number of aryl methyl sites for hydroxylation is 1. The highest BCUT2D eigenvalue weighted by Gasteiger charge is 2.38. The summed E-state index contributed by atoms with van der Waals surface area (Å²) in [5, 5.41) is 2.96. The Morgan fingerprint density at radius 1 is 1.20 bits per heavy atom. The third kappa shape index (κ3) is 3.86. The second-order valence-electron chi connectivity index (χ2n) is 7.80. The van der Waals surface area contributed by atoms with Crippen LogP contribution < -0.4 is 5.32 Å². The van der Waals surface area contributed by atoms with Gasteiger partial charge in [0, 0.05) is 13.7 Å². The molecule has 10 heteroatoms. The van der Waals surface area contributed by atoms with Crippen molar-refractivity contribution in [2.75, 3.05) is 0 Å². The summed E-state index contributed by atoms with van der Waals surface area (Å²) in [6.07, 6.45) is 0.152. The number of nitrogens with one attached hydrogen (secondary N) is 1. The van der Waals surface area contributed by atoms with E-state index in [9.17, 15) is 18.0 Å². The summed E-state index contributed by atoms with van der Waals surface area (Å²) in [6, 6.07) is 1.60. The van der Waals surface area contributed by atoms with E-state index in [1.807, 2.05) is 13.8 Å². The fourth-order valence-electron chi connectivity index (χ4n) is 3.43. The van der Waals surface area contributed by atoms with Crippen molar-refractivity contribution < 1.29 is 19.4 Å². The minimum atomic E-state index is -4.55. The molecule has 1 saturated carbocycles. The second-order valence-corrected chi connectivity index (χ2v) is 7.80. The zero-order valence-electron chi connectivity index (χ0n) is 16.7. The number of nitrogens with zero attached hydrogens (tertiary/aromatic N) is 5. The Morgan fingerprint density at radius 3 is 2.50 bits per heavy atom. The highest BCUT2D eigenvalue weighted by Crippen LogP contribution is 2.42. The highest BCUT2D eigenvalue weighted by atomic mass is 19.4. The number of hydrogen-bond acceptors (Lipinski definition) is 5. The smallest absolute Gasteiger partial charge is 0.340 e. The molecule has 1 amide bonds. The van der Waals surface area contributed by atoms with Crippen LogP contribution in [0.15, 0.2) is 24.5 Å². The Morgan fingerprint density at radius 2 is 1.93 bits per heavy atom. The fourth-order valence-corrected chi connectivity index (χ4v) is 3.43. The van der Waals surface area contributed by atoms with Gasteiger partial charge in [0.05, 0.1) is 17.9 Å². The van der Waals surface area contributed by atoms with Gasteiger partial charge in [-0.1, -0.05) is 0 Å². The molecule has 0 aromatic carbocycles. The lowest BCUT2D eigenvalue weighted by atomic mass is 10.1. The Bertz CT molecular complexity index is 1090. The molecule has 3 heterocycles. The van der Waals surface area contributed by atoms with E-state index in [0.717, 1.165) is 18.9 Å². The third-order valence-electron chi connectivity index (χ3n) is 5.04. The van der Waals surface area contributed by atoms with Gasteiger partial charge in [-0.05, 0) is 51.7 Å². The van der Waals surface area contributed by atoms with Crippen molar-refractivity contribution >= 4 is 17.1 Å². The van der Waals surface area contributed by atoms with Crippen molar-refractivity contribution in [2.45, 2.75) is 51.9 Å². The number of aromatic nitrogens is 5. The van der Waals surface area contributed by atoms with Crippen LogP contribution in [0.1, 0.15) is 67.9 Å². The molecule has 160 valence electrons. The maximum absolute atomic E-state index is 13.2. The molecule has 7 nitrogen and oxygen atoms in total. The molecule has 0 aliphatic heterocycles. The second kappa shape index (κ2) is 7.33. The number of imidazole rings is 1. The lowest BCUT2D eigenvalue weighted by Gasteiger charge is -2.21. The van der Waals surface area contributed by atoms with Crippen LogP contribution in [0.25, 0.3) is 11.2 Å². The zero-order chi connectivity index (χ0) is 21.6. The van der Waals surface area contributed by atoms with E-state index in [0.29, 0.717) is 17.0 Å². The fraction of sp³-hybridized carbons (Fsp3) is 0.450. The third-order valence-corrected chi connectivity index (χ3v) is 5.04. The molecule has 1 N–H and O–H groups in total. The number of fused-ring (bicyclic) bond motifs is 1. The highest BCUT2D eigenvalue weighted by molar-refractivity contribution is 5.92. The van der Waals surface area contributed by atoms with Crippen LogP contribution in [-0.2, 0) is 6.18 Å². The molecule has 3 aromatic rings. The molecule has 4 rings (SSSR count). The van der Waals surface area contributed by atoms with Crippen LogP contribution in [0.4, 0.5) is 13.2 Å². The molecule has 0 spiro atoms. The van der Waals surface area contributed by atoms with Gasteiger partial charge in [0.15, 0.2) is 5.65 Å². The Kier molecular flexibility index (Phi) is 4.95. The number of rotatable bonds is 5. The molecule has 1 fully saturated rings. The van der Waals surface area contributed by atoms with Gasteiger partial charge in [-0.3, -0.25) is 9.78 Å². The largest absolute Gasteiger partial charge is 0.433 e. The molecule has 0 unspecified atom stereocenters. The van der Waals surface area contributed by atoms with E-state index in [2.05, 4.69) is 25.3 Å². The molecule has 1 aliphatic carbocycles. The van der Waals surface area contributed by atoms with E-state index in [1.54, 1.807) is 11.5 Å². The average molecular weight is 420 g/mol. The minimum Gasteiger partial charge on any atom is -0.340 e. The number of carbonyl (C=O) groups is 1. The van der Waals surface area contributed by atoms with Crippen molar-refractivity contribution in [3.8, 4) is 0 Å². The molecule has 1 atom stereocenters. The lowest BCUT2D eigenvalue weighted by Crippen LogP contribution is -2.33. The first kappa shape index (κ1) is 20.2. The predicted octanol–water partition coefficient (Wildman–Crippen LogP) is 4.26. The first-order chi connectivity index (χ1) is 14.1. The zero-order valence-corrected chi connectivity index (χ0v) is 16.7. The number of amides is 1. The van der Waals surface area contributed by atoms with Gasteiger partial charge >= 0.3 is 6.18 Å². The predicted molar refractivity (Wildman–Crippen MR) is 105 cm³/mol. The van der Waals surface area contributed by atoms with E-state index in [-0.39, 0.29) is 24.7 Å². The van der Waals surface area contributed by atoms with Crippen molar-refractivity contribution in [3.05, 3.63) is 47.4 Å². The van der Waals surface area contributed by atoms with Crippen molar-refractivity contribution in [1.29, 1.82) is 0 Å². The number of pyridine rings is 1. The topological polar surface area (TPSA) is 85.6 Å². The molecule has 0 saturated heterocycles. The van der Waals surface area contributed by atoms with E-state index >= 15 is 0 Å². The first-order valence-electron chi connectivity index (χ1n) is 9.70. The average Bonchev–Trinajstić information content (AvgIpc) is 3.44. The summed E-state index contributed by atoms with van der Waals surface area (Å²) >= 11 is 0. The van der Waals surface area contributed by atoms with Crippen molar-refractivity contribution in [2.24, 2.45) is 5.92 Å². The molecule has 3 aromatic heterocycles. The van der Waals surface area contributed by atoms with E-state index < -0.39 is 23.8 Å². The number of carbonyl (C=O) groups excluding carboxylic acids is 1. The van der Waals surface area contributed by atoms with Gasteiger partial charge < -0.3 is 9.88 Å². The monoisotopic (exact) mass is 420 g/mol. The summed E-state index contributed by atoms with van der Waals surface area (Å²) in [5.41, 5.74) is 0.422. The molecular formula is C20H23F3N6O. The Balaban J connectivity index is 0.00000272. The Labute approximate surface area is 172 Å². The van der Waals surface area contributed by atoms with Gasteiger partial charge in [0.25, 0.3) is 5.91 Å². The van der Waals surface area contributed by atoms with Crippen LogP contribution in [-0.4, -0.2) is 30.4 Å². The van der Waals surface area contributed by atoms with Crippen molar-refractivity contribution in [3.63, 3.8) is 0 Å². The minimum absolute atomic E-state index is 0. The van der Waals surface area contributed by atoms with E-state index in [4.69, 9.17) is 0 Å². The van der Waals surface area contributed by atoms with E-state index in [1.165, 1.54) is 18.5 Å². The summed E-state index contributed by atoms with van der Waals surface area (Å²) in [6.45, 7) is 5.47. The summed E-state index contributed by atoms with van der Waals surface area (Å²) in [4.78, 5) is 29.3. The summed E-state index contributed by atoms with van der Waals surface area (Å²) < 4.78 is 41.2. The summed E-state index contributed by atoms with van der Waals surface area (Å²) in [7, 11) is 0. The molecule has 30 heavy (non-hydrogen) atoms. The molecule has 1 aliphatic rings. The number of hydrogen-bond donors (Lipinski definition) is 1. The standard InChI is InChI=1S/C20H21F3N6O.H2/c1-10(2)29-17-13(6-7-15(27-17)20(21,22)23)26-18(29)16(12-4-5-12)28-19(30)14-9-24-11(3)8-25-14;/h6-10,12,16H,4-5H2,1-3H3,(H,28,30);1H/t16-;/m0./s1. The van der Waals surface area contributed by atoms with Gasteiger partial charge in [-0.15, -0.1) is 0 Å². The molecular weight excluding hydrogens is 397 g/mol. The quantitative estimate of drug-likeness (QED) is 0.667. The summed E-state index contributed by atoms with van der Waals surface area (Å²) in [5.74, 6) is 0.261. The molecule has 0 radical (unpaired) electrons. The number of alkyl halides is 3. The van der Waals surface area contributed by atoms with Crippen LogP contribution in [0.5, 0.6) is 0 Å². The van der Waals surface area contributed by atoms with Crippen LogP contribution in [0, 0.1) is 12.8 Å². The van der Waals surface area contributed by atoms with Crippen LogP contribution >= 0.6 is 0 Å². The first-order valence-corrected chi connectivity index (χ1v) is 9.70. The van der Waals surface area contributed by atoms with Crippen LogP contribution in [0.2, 0.25) is 0 Å². The van der Waals surface area contributed by atoms with Crippen LogP contribution in [0.3, 0.4) is 0 Å². The maximum Gasteiger partial charge on any atom is 0.433 e. The normalized spacial score (nSPS) is 15.6. The van der Waals surface area contributed by atoms with Crippen molar-refractivity contribution in [1.82, 2.24) is 29.8 Å². The van der Waals surface area contributed by atoms with Gasteiger partial charge in [-0.2, -0.15) is 13.2 Å². The number of halogens is 3. The van der Waals surface area contributed by atoms with Gasteiger partial charge in [-0.25, -0.2) is 15.0 Å². The van der Waals surface area contributed by atoms with Gasteiger partial charge in [0.2, 0.25) is 0 Å². The lowest BCUT2D eigenvalue weighted by molar-refractivity contribution is -0.141. The molecule has 0 bridgehead atoms. The van der Waals surface area contributed by atoms with Gasteiger partial charge in [0.1, 0.15) is 22.7 Å². The Hall–Kier alpha value is -3.04.